The number of nitrogens with one attached hydrogen (secondary N) is 1. The molecule has 0 aliphatic carbocycles. The van der Waals surface area contributed by atoms with Crippen molar-refractivity contribution in [3.05, 3.63) is 58.6 Å². The Hall–Kier alpha value is -2.40. The van der Waals surface area contributed by atoms with Crippen LogP contribution in [-0.4, -0.2) is 37.0 Å². The molecule has 0 unspecified atom stereocenters. The molecule has 0 bridgehead atoms. The highest BCUT2D eigenvalue weighted by Crippen LogP contribution is 2.31. The van der Waals surface area contributed by atoms with E-state index in [4.69, 9.17) is 16.3 Å². The van der Waals surface area contributed by atoms with E-state index in [-0.39, 0.29) is 23.0 Å². The first kappa shape index (κ1) is 26.8. The van der Waals surface area contributed by atoms with Gasteiger partial charge in [0.25, 0.3) is 0 Å². The number of anilines is 1. The number of amides is 1. The summed E-state index contributed by atoms with van der Waals surface area (Å²) in [5.41, 5.74) is -0.202. The zero-order chi connectivity index (χ0) is 23.1. The fraction of sp³-hybridized carbons (Fsp3) is 0.375. The fourth-order valence-corrected chi connectivity index (χ4v) is 3.52. The lowest BCUT2D eigenvalue weighted by atomic mass is 9.99. The number of hydrogen-bond acceptors (Lipinski definition) is 3. The van der Waals surface area contributed by atoms with Gasteiger partial charge in [0.15, 0.2) is 0 Å². The Balaban J connectivity index is 0.00000385. The van der Waals surface area contributed by atoms with Crippen molar-refractivity contribution in [3.8, 4) is 17.6 Å². The second-order valence-electron chi connectivity index (χ2n) is 7.79. The average Bonchev–Trinajstić information content (AvgIpc) is 2.75. The summed E-state index contributed by atoms with van der Waals surface area (Å²) in [4.78, 5) is 14.4. The Labute approximate surface area is 202 Å². The number of hydrogen-bond donors (Lipinski definition) is 1. The van der Waals surface area contributed by atoms with Crippen LogP contribution in [0, 0.1) is 17.8 Å². The summed E-state index contributed by atoms with van der Waals surface area (Å²) in [6, 6.07) is 9.71. The van der Waals surface area contributed by atoms with Crippen LogP contribution in [-0.2, 0) is 11.0 Å². The molecule has 178 valence electrons. The number of benzene rings is 2. The molecule has 0 radical (unpaired) electrons. The van der Waals surface area contributed by atoms with E-state index in [2.05, 4.69) is 29.0 Å². The second-order valence-corrected chi connectivity index (χ2v) is 8.20. The van der Waals surface area contributed by atoms with Crippen molar-refractivity contribution in [3.63, 3.8) is 0 Å². The van der Waals surface area contributed by atoms with Gasteiger partial charge in [-0.3, -0.25) is 9.69 Å². The Bertz CT molecular complexity index is 993. The molecule has 1 amide bonds. The summed E-state index contributed by atoms with van der Waals surface area (Å²) in [6.45, 7) is 5.97. The standard InChI is InChI=1S/C24H24ClF3N2O2.ClH/c1-17-10-12-30(13-11-17)14-15-32-21-7-5-20(6-8-21)29-23(31)9-3-18-2-4-19(16-22(18)25)24(26,27)28;/h2,4-8,16-17H,10-15H2,1H3,(H,29,31);1H. The van der Waals surface area contributed by atoms with Gasteiger partial charge in [0.1, 0.15) is 12.4 Å². The predicted molar refractivity (Wildman–Crippen MR) is 126 cm³/mol. The summed E-state index contributed by atoms with van der Waals surface area (Å²) < 4.78 is 43.8. The molecular formula is C24H25Cl2F3N2O2. The molecule has 9 heteroatoms. The third-order valence-corrected chi connectivity index (χ3v) is 5.58. The largest absolute Gasteiger partial charge is 0.492 e. The van der Waals surface area contributed by atoms with E-state index in [9.17, 15) is 18.0 Å². The highest BCUT2D eigenvalue weighted by Gasteiger charge is 2.30. The summed E-state index contributed by atoms with van der Waals surface area (Å²) in [6.07, 6.45) is -2.04. The van der Waals surface area contributed by atoms with Crippen molar-refractivity contribution in [1.29, 1.82) is 0 Å². The molecule has 33 heavy (non-hydrogen) atoms. The Morgan fingerprint density at radius 2 is 1.85 bits per heavy atom. The van der Waals surface area contributed by atoms with Crippen LogP contribution >= 0.6 is 24.0 Å². The second kappa shape index (κ2) is 12.2. The van der Waals surface area contributed by atoms with E-state index in [0.29, 0.717) is 18.0 Å². The first-order valence-corrected chi connectivity index (χ1v) is 10.7. The van der Waals surface area contributed by atoms with Gasteiger partial charge in [0.2, 0.25) is 0 Å². The van der Waals surface area contributed by atoms with Crippen LogP contribution < -0.4 is 10.1 Å². The predicted octanol–water partition coefficient (Wildman–Crippen LogP) is 5.88. The van der Waals surface area contributed by atoms with Gasteiger partial charge in [0.05, 0.1) is 10.6 Å². The van der Waals surface area contributed by atoms with Gasteiger partial charge in [0, 0.05) is 23.7 Å². The third kappa shape index (κ3) is 8.47. The SMILES string of the molecule is CC1CCN(CCOc2ccc(NC(=O)C#Cc3ccc(C(F)(F)F)cc3Cl)cc2)CC1.Cl. The maximum atomic E-state index is 12.7. The zero-order valence-corrected chi connectivity index (χ0v) is 19.6. The molecule has 1 fully saturated rings. The first-order valence-electron chi connectivity index (χ1n) is 10.4. The number of nitrogens with zero attached hydrogens (tertiary/aromatic N) is 1. The van der Waals surface area contributed by atoms with Crippen LogP contribution in [0.2, 0.25) is 5.02 Å². The fourth-order valence-electron chi connectivity index (χ4n) is 3.29. The van der Waals surface area contributed by atoms with Crippen molar-refractivity contribution in [1.82, 2.24) is 4.90 Å². The number of alkyl halides is 3. The maximum Gasteiger partial charge on any atom is 0.416 e. The molecule has 1 N–H and O–H groups in total. The van der Waals surface area contributed by atoms with E-state index in [0.717, 1.165) is 43.8 Å². The van der Waals surface area contributed by atoms with Crippen LogP contribution in [0.4, 0.5) is 18.9 Å². The lowest BCUT2D eigenvalue weighted by Crippen LogP contribution is -2.35. The summed E-state index contributed by atoms with van der Waals surface area (Å²) in [5.74, 6) is 5.73. The molecule has 0 aromatic heterocycles. The average molecular weight is 501 g/mol. The van der Waals surface area contributed by atoms with Crippen LogP contribution in [0.1, 0.15) is 30.9 Å². The first-order chi connectivity index (χ1) is 15.2. The molecule has 1 aliphatic heterocycles. The lowest BCUT2D eigenvalue weighted by Gasteiger charge is -2.29. The Morgan fingerprint density at radius 3 is 2.45 bits per heavy atom. The van der Waals surface area contributed by atoms with Crippen molar-refractivity contribution >= 4 is 35.6 Å². The van der Waals surface area contributed by atoms with Crippen LogP contribution in [0.25, 0.3) is 0 Å². The zero-order valence-electron chi connectivity index (χ0n) is 18.0. The quantitative estimate of drug-likeness (QED) is 0.521. The van der Waals surface area contributed by atoms with Crippen molar-refractivity contribution in [2.24, 2.45) is 5.92 Å². The molecule has 0 saturated carbocycles. The highest BCUT2D eigenvalue weighted by atomic mass is 35.5. The molecular weight excluding hydrogens is 476 g/mol. The van der Waals surface area contributed by atoms with Crippen LogP contribution in [0.3, 0.4) is 0 Å². The molecule has 0 spiro atoms. The summed E-state index contributed by atoms with van der Waals surface area (Å²) in [5, 5.41) is 2.44. The topological polar surface area (TPSA) is 41.6 Å². The van der Waals surface area contributed by atoms with E-state index in [1.807, 2.05) is 0 Å². The molecule has 3 rings (SSSR count). The Morgan fingerprint density at radius 1 is 1.18 bits per heavy atom. The molecule has 4 nitrogen and oxygen atoms in total. The van der Waals surface area contributed by atoms with Crippen molar-refractivity contribution in [2.75, 3.05) is 31.6 Å². The molecule has 1 heterocycles. The number of likely N-dealkylation sites (tertiary alicyclic amines) is 1. The number of carbonyl (C=O) groups is 1. The molecule has 1 aliphatic rings. The van der Waals surface area contributed by atoms with Gasteiger partial charge in [-0.2, -0.15) is 13.2 Å². The number of ether oxygens (including phenoxy) is 1. The minimum Gasteiger partial charge on any atom is -0.492 e. The number of carbonyl (C=O) groups excluding carboxylic acids is 1. The van der Waals surface area contributed by atoms with Gasteiger partial charge in [-0.25, -0.2) is 0 Å². The van der Waals surface area contributed by atoms with Crippen molar-refractivity contribution in [2.45, 2.75) is 25.9 Å². The van der Waals surface area contributed by atoms with Gasteiger partial charge in [-0.05, 0) is 74.3 Å². The molecule has 2 aromatic carbocycles. The lowest BCUT2D eigenvalue weighted by molar-refractivity contribution is -0.137. The van der Waals surface area contributed by atoms with E-state index < -0.39 is 17.6 Å². The molecule has 0 atom stereocenters. The van der Waals surface area contributed by atoms with E-state index in [1.54, 1.807) is 24.3 Å². The molecule has 2 aromatic rings. The van der Waals surface area contributed by atoms with Gasteiger partial charge in [-0.15, -0.1) is 12.4 Å². The van der Waals surface area contributed by atoms with Gasteiger partial charge in [-0.1, -0.05) is 24.4 Å². The van der Waals surface area contributed by atoms with Crippen LogP contribution in [0.15, 0.2) is 42.5 Å². The summed E-state index contributed by atoms with van der Waals surface area (Å²) >= 11 is 5.84. The maximum absolute atomic E-state index is 12.7. The Kier molecular flexibility index (Phi) is 9.90. The smallest absolute Gasteiger partial charge is 0.416 e. The van der Waals surface area contributed by atoms with Crippen molar-refractivity contribution < 1.29 is 22.7 Å². The van der Waals surface area contributed by atoms with E-state index >= 15 is 0 Å². The normalized spacial score (nSPS) is 14.6. The minimum absolute atomic E-state index is 0. The van der Waals surface area contributed by atoms with Gasteiger partial charge < -0.3 is 10.1 Å². The monoisotopic (exact) mass is 500 g/mol. The number of halogens is 5. The summed E-state index contributed by atoms with van der Waals surface area (Å²) in [7, 11) is 0. The van der Waals surface area contributed by atoms with Gasteiger partial charge >= 0.3 is 12.1 Å². The minimum atomic E-state index is -4.49. The van der Waals surface area contributed by atoms with E-state index in [1.165, 1.54) is 12.8 Å². The molecule has 1 saturated heterocycles. The number of rotatable bonds is 5. The highest BCUT2D eigenvalue weighted by molar-refractivity contribution is 6.31. The van der Waals surface area contributed by atoms with Crippen LogP contribution in [0.5, 0.6) is 5.75 Å². The third-order valence-electron chi connectivity index (χ3n) is 5.27. The number of piperidine rings is 1.